The van der Waals surface area contributed by atoms with Crippen LogP contribution >= 0.6 is 0 Å². The van der Waals surface area contributed by atoms with Gasteiger partial charge in [-0.25, -0.2) is 0 Å². The number of hydrogen-bond acceptors (Lipinski definition) is 7. The van der Waals surface area contributed by atoms with Crippen LogP contribution in [-0.4, -0.2) is 61.9 Å². The maximum absolute atomic E-state index is 13.1. The Balaban J connectivity index is 1.20. The number of amides is 1. The van der Waals surface area contributed by atoms with Gasteiger partial charge in [0.15, 0.2) is 11.6 Å². The molecule has 33 heavy (non-hydrogen) atoms. The van der Waals surface area contributed by atoms with Crippen molar-refractivity contribution in [3.63, 3.8) is 0 Å². The van der Waals surface area contributed by atoms with E-state index in [-0.39, 0.29) is 5.91 Å². The topological polar surface area (TPSA) is 92.1 Å². The SMILES string of the molecule is Cn1nc(-c2ccccc2)cc1C(=O)N1CCN(c2ccc(Nc3cccnc3)nn2)CC1. The molecule has 0 atom stereocenters. The van der Waals surface area contributed by atoms with Crippen LogP contribution in [-0.2, 0) is 7.05 Å². The number of benzene rings is 1. The summed E-state index contributed by atoms with van der Waals surface area (Å²) in [6, 6.07) is 19.4. The summed E-state index contributed by atoms with van der Waals surface area (Å²) in [5, 5.41) is 16.3. The summed E-state index contributed by atoms with van der Waals surface area (Å²) in [6.45, 7) is 2.61. The van der Waals surface area contributed by atoms with Gasteiger partial charge in [-0.1, -0.05) is 30.3 Å². The Bertz CT molecular complexity index is 1220. The van der Waals surface area contributed by atoms with Crippen molar-refractivity contribution < 1.29 is 4.79 Å². The predicted octanol–water partition coefficient (Wildman–Crippen LogP) is 2.98. The van der Waals surface area contributed by atoms with Crippen molar-refractivity contribution >= 4 is 23.2 Å². The molecule has 4 aromatic rings. The Labute approximate surface area is 191 Å². The first-order valence-electron chi connectivity index (χ1n) is 10.8. The molecule has 166 valence electrons. The molecule has 0 spiro atoms. The lowest BCUT2D eigenvalue weighted by molar-refractivity contribution is 0.0735. The quantitative estimate of drug-likeness (QED) is 0.510. The van der Waals surface area contributed by atoms with Crippen molar-refractivity contribution in [1.82, 2.24) is 29.9 Å². The maximum Gasteiger partial charge on any atom is 0.272 e. The number of aryl methyl sites for hydroxylation is 1. The number of rotatable bonds is 5. The molecule has 5 rings (SSSR count). The van der Waals surface area contributed by atoms with Crippen molar-refractivity contribution in [1.29, 1.82) is 0 Å². The second-order valence-electron chi connectivity index (χ2n) is 7.83. The first-order valence-corrected chi connectivity index (χ1v) is 10.8. The lowest BCUT2D eigenvalue weighted by atomic mass is 10.1. The minimum absolute atomic E-state index is 0.00562. The normalized spacial score (nSPS) is 13.7. The smallest absolute Gasteiger partial charge is 0.272 e. The minimum Gasteiger partial charge on any atom is -0.352 e. The van der Waals surface area contributed by atoms with Gasteiger partial charge in [0.2, 0.25) is 0 Å². The third kappa shape index (κ3) is 4.52. The number of pyridine rings is 1. The van der Waals surface area contributed by atoms with Crippen LogP contribution in [0.1, 0.15) is 10.5 Å². The van der Waals surface area contributed by atoms with Crippen molar-refractivity contribution in [2.24, 2.45) is 7.05 Å². The zero-order chi connectivity index (χ0) is 22.6. The van der Waals surface area contributed by atoms with E-state index < -0.39 is 0 Å². The number of carbonyl (C=O) groups is 1. The molecule has 9 heteroatoms. The number of piperazine rings is 1. The number of aromatic nitrogens is 5. The number of hydrogen-bond donors (Lipinski definition) is 1. The van der Waals surface area contributed by atoms with E-state index in [1.807, 2.05) is 72.6 Å². The molecule has 0 bridgehead atoms. The van der Waals surface area contributed by atoms with E-state index in [1.165, 1.54) is 0 Å². The molecule has 1 aromatic carbocycles. The van der Waals surface area contributed by atoms with Crippen LogP contribution < -0.4 is 10.2 Å². The molecule has 3 aromatic heterocycles. The van der Waals surface area contributed by atoms with Crippen LogP contribution in [0.25, 0.3) is 11.3 Å². The highest BCUT2D eigenvalue weighted by Crippen LogP contribution is 2.21. The molecule has 1 aliphatic heterocycles. The molecule has 1 amide bonds. The Kier molecular flexibility index (Phi) is 5.67. The van der Waals surface area contributed by atoms with Crippen LogP contribution in [0, 0.1) is 0 Å². The van der Waals surface area contributed by atoms with Crippen molar-refractivity contribution in [3.8, 4) is 11.3 Å². The summed E-state index contributed by atoms with van der Waals surface area (Å²) in [7, 11) is 1.81. The number of nitrogens with one attached hydrogen (secondary N) is 1. The van der Waals surface area contributed by atoms with E-state index >= 15 is 0 Å². The Morgan fingerprint density at radius 1 is 0.939 bits per heavy atom. The van der Waals surface area contributed by atoms with Gasteiger partial charge in [0.1, 0.15) is 5.69 Å². The van der Waals surface area contributed by atoms with E-state index in [4.69, 9.17) is 0 Å². The van der Waals surface area contributed by atoms with Gasteiger partial charge in [-0.3, -0.25) is 14.5 Å². The summed E-state index contributed by atoms with van der Waals surface area (Å²) >= 11 is 0. The second-order valence-corrected chi connectivity index (χ2v) is 7.83. The van der Waals surface area contributed by atoms with Gasteiger partial charge < -0.3 is 15.1 Å². The van der Waals surface area contributed by atoms with E-state index in [0.717, 1.165) is 22.8 Å². The second kappa shape index (κ2) is 9.07. The molecule has 4 heterocycles. The van der Waals surface area contributed by atoms with E-state index in [2.05, 4.69) is 30.5 Å². The van der Waals surface area contributed by atoms with Crippen molar-refractivity contribution in [2.45, 2.75) is 0 Å². The number of carbonyl (C=O) groups excluding carboxylic acids is 1. The van der Waals surface area contributed by atoms with Crippen molar-refractivity contribution in [3.05, 3.63) is 78.8 Å². The minimum atomic E-state index is -0.00562. The van der Waals surface area contributed by atoms with Gasteiger partial charge in [0, 0.05) is 45.0 Å². The molecule has 1 fully saturated rings. The third-order valence-corrected chi connectivity index (χ3v) is 5.64. The number of nitrogens with zero attached hydrogens (tertiary/aromatic N) is 7. The highest BCUT2D eigenvalue weighted by Gasteiger charge is 2.25. The highest BCUT2D eigenvalue weighted by atomic mass is 16.2. The lowest BCUT2D eigenvalue weighted by Crippen LogP contribution is -2.49. The van der Waals surface area contributed by atoms with Crippen LogP contribution in [0.4, 0.5) is 17.3 Å². The summed E-state index contributed by atoms with van der Waals surface area (Å²) in [6.07, 6.45) is 3.46. The maximum atomic E-state index is 13.1. The van der Waals surface area contributed by atoms with Gasteiger partial charge in [-0.2, -0.15) is 5.10 Å². The summed E-state index contributed by atoms with van der Waals surface area (Å²) in [5.74, 6) is 1.45. The Morgan fingerprint density at radius 3 is 2.45 bits per heavy atom. The summed E-state index contributed by atoms with van der Waals surface area (Å²) in [4.78, 5) is 21.2. The summed E-state index contributed by atoms with van der Waals surface area (Å²) in [5.41, 5.74) is 3.25. The van der Waals surface area contributed by atoms with Gasteiger partial charge in [0.05, 0.1) is 17.6 Å². The van der Waals surface area contributed by atoms with Gasteiger partial charge >= 0.3 is 0 Å². The molecule has 1 aliphatic rings. The third-order valence-electron chi connectivity index (χ3n) is 5.64. The van der Waals surface area contributed by atoms with Crippen molar-refractivity contribution in [2.75, 3.05) is 36.4 Å². The van der Waals surface area contributed by atoms with Crippen LogP contribution in [0.2, 0.25) is 0 Å². The van der Waals surface area contributed by atoms with E-state index in [1.54, 1.807) is 17.1 Å². The average molecular weight is 441 g/mol. The van der Waals surface area contributed by atoms with E-state index in [0.29, 0.717) is 37.7 Å². The molecule has 1 N–H and O–H groups in total. The fraction of sp³-hybridized carbons (Fsp3) is 0.208. The zero-order valence-electron chi connectivity index (χ0n) is 18.3. The van der Waals surface area contributed by atoms with Gasteiger partial charge in [0.25, 0.3) is 5.91 Å². The van der Waals surface area contributed by atoms with Gasteiger partial charge in [-0.05, 0) is 30.3 Å². The molecular formula is C24H24N8O. The monoisotopic (exact) mass is 440 g/mol. The summed E-state index contributed by atoms with van der Waals surface area (Å²) < 4.78 is 1.66. The molecule has 0 radical (unpaired) electrons. The van der Waals surface area contributed by atoms with Crippen LogP contribution in [0.5, 0.6) is 0 Å². The highest BCUT2D eigenvalue weighted by molar-refractivity contribution is 5.94. The molecule has 0 unspecified atom stereocenters. The van der Waals surface area contributed by atoms with Crippen LogP contribution in [0.3, 0.4) is 0 Å². The standard InChI is InChI=1S/C24H24N8O/c1-30-21(16-20(29-30)18-6-3-2-4-7-18)24(33)32-14-12-31(13-15-32)23-10-9-22(27-28-23)26-19-8-5-11-25-17-19/h2-11,16-17H,12-15H2,1H3,(H,26,27). The molecular weight excluding hydrogens is 416 g/mol. The molecule has 0 saturated carbocycles. The van der Waals surface area contributed by atoms with Crippen LogP contribution in [0.15, 0.2) is 73.1 Å². The largest absolute Gasteiger partial charge is 0.352 e. The lowest BCUT2D eigenvalue weighted by Gasteiger charge is -2.35. The fourth-order valence-electron chi connectivity index (χ4n) is 3.86. The van der Waals surface area contributed by atoms with Gasteiger partial charge in [-0.15, -0.1) is 10.2 Å². The molecule has 0 aliphatic carbocycles. The average Bonchev–Trinajstić information content (AvgIpc) is 3.27. The zero-order valence-corrected chi connectivity index (χ0v) is 18.3. The predicted molar refractivity (Wildman–Crippen MR) is 126 cm³/mol. The first kappa shape index (κ1) is 20.6. The Hall–Kier alpha value is -4.27. The fourth-order valence-corrected chi connectivity index (χ4v) is 3.86. The molecule has 1 saturated heterocycles. The first-order chi connectivity index (χ1) is 16.2. The Morgan fingerprint density at radius 2 is 1.76 bits per heavy atom. The van der Waals surface area contributed by atoms with E-state index in [9.17, 15) is 4.79 Å². The molecule has 9 nitrogen and oxygen atoms in total. The number of anilines is 3.